The van der Waals surface area contributed by atoms with E-state index in [2.05, 4.69) is 5.32 Å². The minimum Gasteiger partial charge on any atom is -0.399 e. The number of halogens is 1. The molecule has 0 saturated carbocycles. The molecule has 112 valence electrons. The number of nitrogen functional groups attached to an aromatic ring is 1. The number of primary amides is 1. The molecule has 0 spiro atoms. The van der Waals surface area contributed by atoms with E-state index in [9.17, 15) is 4.79 Å². The van der Waals surface area contributed by atoms with Crippen LogP contribution in [0.3, 0.4) is 0 Å². The molecule has 1 amide bonds. The van der Waals surface area contributed by atoms with E-state index in [1.165, 1.54) is 6.07 Å². The molecule has 0 bridgehead atoms. The second kappa shape index (κ2) is 7.94. The van der Waals surface area contributed by atoms with Gasteiger partial charge in [0.25, 0.3) is 5.91 Å². The van der Waals surface area contributed by atoms with E-state index >= 15 is 0 Å². The number of carbonyl (C=O) groups excluding carboxylic acids is 1. The van der Waals surface area contributed by atoms with Crippen LogP contribution in [0.2, 0.25) is 5.02 Å². The predicted octanol–water partition coefficient (Wildman–Crippen LogP) is 1.01. The molecule has 6 nitrogen and oxygen atoms in total. The van der Waals surface area contributed by atoms with Crippen LogP contribution in [0, 0.1) is 0 Å². The Balaban J connectivity index is 2.53. The van der Waals surface area contributed by atoms with Crippen LogP contribution in [0.1, 0.15) is 10.4 Å². The van der Waals surface area contributed by atoms with Crippen LogP contribution in [0.5, 0.6) is 0 Å². The van der Waals surface area contributed by atoms with Gasteiger partial charge in [-0.25, -0.2) is 0 Å². The Morgan fingerprint density at radius 1 is 1.40 bits per heavy atom. The highest BCUT2D eigenvalue weighted by atomic mass is 35.5. The van der Waals surface area contributed by atoms with Gasteiger partial charge in [-0.3, -0.25) is 4.79 Å². The summed E-state index contributed by atoms with van der Waals surface area (Å²) in [6.45, 7) is 2.53. The van der Waals surface area contributed by atoms with Crippen LogP contribution in [0.4, 0.5) is 11.4 Å². The SMILES string of the molecule is CN(C)CCOCCNc1c(Cl)cc(N)cc1C(N)=O. The highest BCUT2D eigenvalue weighted by Crippen LogP contribution is 2.28. The molecule has 7 heteroatoms. The van der Waals surface area contributed by atoms with Crippen LogP contribution < -0.4 is 16.8 Å². The third-order valence-corrected chi connectivity index (χ3v) is 2.91. The Bertz CT molecular complexity index is 466. The number of benzene rings is 1. The maximum atomic E-state index is 11.4. The predicted molar refractivity (Wildman–Crippen MR) is 82.2 cm³/mol. The third kappa shape index (κ3) is 5.24. The summed E-state index contributed by atoms with van der Waals surface area (Å²) in [5, 5.41) is 3.42. The molecule has 0 radical (unpaired) electrons. The van der Waals surface area contributed by atoms with Crippen molar-refractivity contribution in [2.45, 2.75) is 0 Å². The first kappa shape index (κ1) is 16.6. The number of anilines is 2. The standard InChI is InChI=1S/C13H21ClN4O2/c1-18(2)4-6-20-5-3-17-12-10(13(16)19)7-9(15)8-11(12)14/h7-8,17H,3-6,15H2,1-2H3,(H2,16,19). The molecule has 1 aromatic carbocycles. The van der Waals surface area contributed by atoms with E-state index in [1.54, 1.807) is 6.07 Å². The number of nitrogens with two attached hydrogens (primary N) is 2. The van der Waals surface area contributed by atoms with Gasteiger partial charge >= 0.3 is 0 Å². The molecule has 0 saturated heterocycles. The van der Waals surface area contributed by atoms with E-state index < -0.39 is 5.91 Å². The van der Waals surface area contributed by atoms with Crippen LogP contribution in [-0.2, 0) is 4.74 Å². The van der Waals surface area contributed by atoms with Gasteiger partial charge in [0.05, 0.1) is 29.5 Å². The molecule has 0 aliphatic rings. The lowest BCUT2D eigenvalue weighted by Gasteiger charge is -2.14. The second-order valence-electron chi connectivity index (χ2n) is 4.63. The first-order valence-corrected chi connectivity index (χ1v) is 6.64. The number of ether oxygens (including phenoxy) is 1. The fourth-order valence-electron chi connectivity index (χ4n) is 1.60. The Morgan fingerprint density at radius 3 is 2.70 bits per heavy atom. The van der Waals surface area contributed by atoms with E-state index in [4.69, 9.17) is 27.8 Å². The molecule has 0 aliphatic carbocycles. The minimum absolute atomic E-state index is 0.281. The van der Waals surface area contributed by atoms with Crippen molar-refractivity contribution in [3.8, 4) is 0 Å². The zero-order chi connectivity index (χ0) is 15.1. The van der Waals surface area contributed by atoms with E-state index in [1.807, 2.05) is 19.0 Å². The summed E-state index contributed by atoms with van der Waals surface area (Å²) in [4.78, 5) is 13.4. The quantitative estimate of drug-likeness (QED) is 0.492. The lowest BCUT2D eigenvalue weighted by molar-refractivity contribution is 0.100. The lowest BCUT2D eigenvalue weighted by atomic mass is 10.1. The fraction of sp³-hybridized carbons (Fsp3) is 0.462. The van der Waals surface area contributed by atoms with Gasteiger partial charge in [-0.15, -0.1) is 0 Å². The van der Waals surface area contributed by atoms with Gasteiger partial charge in [0.1, 0.15) is 0 Å². The van der Waals surface area contributed by atoms with Crippen molar-refractivity contribution < 1.29 is 9.53 Å². The van der Waals surface area contributed by atoms with E-state index in [0.717, 1.165) is 6.54 Å². The number of likely N-dealkylation sites (N-methyl/N-ethyl adjacent to an activating group) is 1. The maximum absolute atomic E-state index is 11.4. The highest BCUT2D eigenvalue weighted by Gasteiger charge is 2.12. The van der Waals surface area contributed by atoms with Crippen LogP contribution in [0.25, 0.3) is 0 Å². The van der Waals surface area contributed by atoms with Gasteiger partial charge in [-0.05, 0) is 26.2 Å². The van der Waals surface area contributed by atoms with Crippen LogP contribution in [-0.4, -0.2) is 51.2 Å². The van der Waals surface area contributed by atoms with Crippen LogP contribution >= 0.6 is 11.6 Å². The van der Waals surface area contributed by atoms with Crippen molar-refractivity contribution in [3.63, 3.8) is 0 Å². The Labute approximate surface area is 124 Å². The lowest BCUT2D eigenvalue weighted by Crippen LogP contribution is -2.21. The summed E-state index contributed by atoms with van der Waals surface area (Å²) in [7, 11) is 3.96. The fourth-order valence-corrected chi connectivity index (χ4v) is 1.89. The molecule has 0 fully saturated rings. The van der Waals surface area contributed by atoms with E-state index in [-0.39, 0.29) is 5.56 Å². The minimum atomic E-state index is -0.574. The normalized spacial score (nSPS) is 10.8. The zero-order valence-electron chi connectivity index (χ0n) is 11.8. The number of carbonyl (C=O) groups is 1. The van der Waals surface area contributed by atoms with Gasteiger partial charge in [0, 0.05) is 18.8 Å². The van der Waals surface area contributed by atoms with Crippen LogP contribution in [0.15, 0.2) is 12.1 Å². The average molecular weight is 301 g/mol. The number of amides is 1. The number of rotatable bonds is 8. The Kier molecular flexibility index (Phi) is 6.57. The van der Waals surface area contributed by atoms with Gasteiger partial charge in [0.15, 0.2) is 0 Å². The number of nitrogens with zero attached hydrogens (tertiary/aromatic N) is 1. The topological polar surface area (TPSA) is 93.6 Å². The van der Waals surface area contributed by atoms with E-state index in [0.29, 0.717) is 36.2 Å². The maximum Gasteiger partial charge on any atom is 0.250 e. The summed E-state index contributed by atoms with van der Waals surface area (Å²) in [5.74, 6) is -0.574. The second-order valence-corrected chi connectivity index (χ2v) is 5.04. The van der Waals surface area contributed by atoms with Crippen molar-refractivity contribution >= 4 is 28.9 Å². The molecule has 1 rings (SSSR count). The molecule has 0 atom stereocenters. The summed E-state index contributed by atoms with van der Waals surface area (Å²) in [6.07, 6.45) is 0. The third-order valence-electron chi connectivity index (χ3n) is 2.61. The van der Waals surface area contributed by atoms with Gasteiger partial charge in [0.2, 0.25) is 0 Å². The monoisotopic (exact) mass is 300 g/mol. The summed E-state index contributed by atoms with van der Waals surface area (Å²) >= 11 is 6.06. The first-order valence-electron chi connectivity index (χ1n) is 6.27. The number of hydrogen-bond acceptors (Lipinski definition) is 5. The van der Waals surface area contributed by atoms with Crippen molar-refractivity contribution in [2.75, 3.05) is 51.4 Å². The number of hydrogen-bond donors (Lipinski definition) is 3. The molecule has 0 aromatic heterocycles. The molecular weight excluding hydrogens is 280 g/mol. The largest absolute Gasteiger partial charge is 0.399 e. The van der Waals surface area contributed by atoms with Gasteiger partial charge in [-0.2, -0.15) is 0 Å². The molecule has 5 N–H and O–H groups in total. The van der Waals surface area contributed by atoms with Crippen molar-refractivity contribution in [3.05, 3.63) is 22.7 Å². The molecular formula is C13H21ClN4O2. The molecule has 0 aliphatic heterocycles. The van der Waals surface area contributed by atoms with Gasteiger partial charge in [-0.1, -0.05) is 11.6 Å². The van der Waals surface area contributed by atoms with Crippen molar-refractivity contribution in [1.29, 1.82) is 0 Å². The Morgan fingerprint density at radius 2 is 2.10 bits per heavy atom. The number of nitrogens with one attached hydrogen (secondary N) is 1. The summed E-state index contributed by atoms with van der Waals surface area (Å²) in [5.41, 5.74) is 12.1. The first-order chi connectivity index (χ1) is 9.41. The molecule has 20 heavy (non-hydrogen) atoms. The average Bonchev–Trinajstić information content (AvgIpc) is 2.34. The zero-order valence-corrected chi connectivity index (χ0v) is 12.5. The summed E-state index contributed by atoms with van der Waals surface area (Å²) in [6, 6.07) is 3.08. The van der Waals surface area contributed by atoms with Gasteiger partial charge < -0.3 is 26.4 Å². The summed E-state index contributed by atoms with van der Waals surface area (Å²) < 4.78 is 5.44. The van der Waals surface area contributed by atoms with Crippen molar-refractivity contribution in [1.82, 2.24) is 4.90 Å². The highest BCUT2D eigenvalue weighted by molar-refractivity contribution is 6.34. The Hall–Kier alpha value is -1.50. The molecule has 0 unspecified atom stereocenters. The molecule has 1 aromatic rings. The smallest absolute Gasteiger partial charge is 0.250 e. The molecule has 0 heterocycles. The van der Waals surface area contributed by atoms with Crippen molar-refractivity contribution in [2.24, 2.45) is 5.73 Å².